The van der Waals surface area contributed by atoms with Crippen LogP contribution in [0.5, 0.6) is 5.88 Å². The molecule has 0 aromatic carbocycles. The maximum absolute atomic E-state index is 9.79. The number of fused-ring (bicyclic) bond motifs is 1. The average Bonchev–Trinajstić information content (AvgIpc) is 3.00. The summed E-state index contributed by atoms with van der Waals surface area (Å²) in [7, 11) is 1.49. The number of imidazole rings is 1. The fourth-order valence-electron chi connectivity index (χ4n) is 2.37. The Morgan fingerprint density at radius 1 is 1.60 bits per heavy atom. The second-order valence-electron chi connectivity index (χ2n) is 4.59. The quantitative estimate of drug-likeness (QED) is 0.503. The molecular formula is C11H16N5O4+. The van der Waals surface area contributed by atoms with E-state index in [1.165, 1.54) is 7.11 Å². The Kier molecular flexibility index (Phi) is 3.16. The third-order valence-electron chi connectivity index (χ3n) is 3.35. The molecule has 0 spiro atoms. The number of anilines is 1. The van der Waals surface area contributed by atoms with Crippen molar-refractivity contribution in [1.29, 1.82) is 0 Å². The van der Waals surface area contributed by atoms with Gasteiger partial charge in [-0.05, 0) is 0 Å². The molecule has 5 N–H and O–H groups in total. The number of aromatic amines is 1. The molecule has 1 aliphatic heterocycles. The molecule has 0 radical (unpaired) electrons. The first kappa shape index (κ1) is 13.0. The van der Waals surface area contributed by atoms with Crippen LogP contribution in [0.15, 0.2) is 6.33 Å². The lowest BCUT2D eigenvalue weighted by Crippen LogP contribution is -2.39. The van der Waals surface area contributed by atoms with Gasteiger partial charge in [0.1, 0.15) is 6.10 Å². The summed E-state index contributed by atoms with van der Waals surface area (Å²) in [6, 6.07) is 0. The van der Waals surface area contributed by atoms with Gasteiger partial charge in [-0.2, -0.15) is 4.98 Å². The molecule has 3 rings (SSSR count). The Balaban J connectivity index is 2.03. The van der Waals surface area contributed by atoms with Crippen LogP contribution >= 0.6 is 0 Å². The second kappa shape index (κ2) is 4.85. The number of nitrogen functional groups attached to an aromatic ring is 1. The van der Waals surface area contributed by atoms with E-state index in [1.54, 1.807) is 10.9 Å². The molecule has 2 aromatic heterocycles. The van der Waals surface area contributed by atoms with Crippen molar-refractivity contribution in [3.8, 4) is 5.88 Å². The molecule has 2 aromatic rings. The van der Waals surface area contributed by atoms with Gasteiger partial charge in [0.15, 0.2) is 12.6 Å². The van der Waals surface area contributed by atoms with Crippen molar-refractivity contribution in [1.82, 2.24) is 15.0 Å². The first-order valence-electron chi connectivity index (χ1n) is 6.18. The number of nitrogens with two attached hydrogens (primary N) is 1. The summed E-state index contributed by atoms with van der Waals surface area (Å²) in [5, 5.41) is 18.9. The SMILES string of the molecule is COc1nc(N)nc2c1[nH]c[n+]2[C@H]1C[C@H](O)[C@@H](CO)O1. The average molecular weight is 282 g/mol. The Hall–Kier alpha value is -1.97. The topological polar surface area (TPSA) is 130 Å². The van der Waals surface area contributed by atoms with Crippen LogP contribution < -0.4 is 15.0 Å². The zero-order valence-corrected chi connectivity index (χ0v) is 10.9. The van der Waals surface area contributed by atoms with E-state index in [4.69, 9.17) is 20.3 Å². The normalized spacial score (nSPS) is 26.2. The van der Waals surface area contributed by atoms with Crippen LogP contribution in [0.2, 0.25) is 0 Å². The van der Waals surface area contributed by atoms with Crippen LogP contribution in [0.1, 0.15) is 12.6 Å². The van der Waals surface area contributed by atoms with Gasteiger partial charge in [0, 0.05) is 6.42 Å². The zero-order valence-electron chi connectivity index (χ0n) is 10.9. The van der Waals surface area contributed by atoms with E-state index in [0.29, 0.717) is 23.5 Å². The minimum absolute atomic E-state index is 0.0833. The molecule has 108 valence electrons. The number of nitrogens with one attached hydrogen (secondary N) is 1. The molecule has 1 saturated heterocycles. The zero-order chi connectivity index (χ0) is 14.3. The second-order valence-corrected chi connectivity index (χ2v) is 4.59. The van der Waals surface area contributed by atoms with Gasteiger partial charge in [0.05, 0.1) is 19.8 Å². The Bertz CT molecular complexity index is 631. The Morgan fingerprint density at radius 3 is 3.05 bits per heavy atom. The summed E-state index contributed by atoms with van der Waals surface area (Å²) in [6.07, 6.45) is 0.255. The van der Waals surface area contributed by atoms with Crippen molar-refractivity contribution >= 4 is 17.1 Å². The van der Waals surface area contributed by atoms with Gasteiger partial charge < -0.3 is 25.4 Å². The predicted molar refractivity (Wildman–Crippen MR) is 66.7 cm³/mol. The van der Waals surface area contributed by atoms with Crippen LogP contribution in [0.3, 0.4) is 0 Å². The number of aromatic nitrogens is 4. The van der Waals surface area contributed by atoms with Crippen molar-refractivity contribution in [2.24, 2.45) is 0 Å². The smallest absolute Gasteiger partial charge is 0.313 e. The summed E-state index contributed by atoms with van der Waals surface area (Å²) >= 11 is 0. The van der Waals surface area contributed by atoms with Crippen molar-refractivity contribution in [2.45, 2.75) is 24.9 Å². The van der Waals surface area contributed by atoms with E-state index in [9.17, 15) is 5.11 Å². The van der Waals surface area contributed by atoms with E-state index in [0.717, 1.165) is 0 Å². The number of hydrogen-bond donors (Lipinski definition) is 4. The van der Waals surface area contributed by atoms with E-state index in [1.807, 2.05) is 0 Å². The summed E-state index contributed by atoms with van der Waals surface area (Å²) in [6.45, 7) is -0.235. The lowest BCUT2D eigenvalue weighted by atomic mass is 10.2. The number of methoxy groups -OCH3 is 1. The molecule has 0 aliphatic carbocycles. The highest BCUT2D eigenvalue weighted by molar-refractivity contribution is 5.73. The van der Waals surface area contributed by atoms with E-state index >= 15 is 0 Å². The fraction of sp³-hybridized carbons (Fsp3) is 0.545. The molecule has 9 nitrogen and oxygen atoms in total. The molecule has 0 amide bonds. The standard InChI is InChI=1S/C11H15N5O4/c1-19-10-8-9(14-11(12)15-10)16(4-13-8)7-2-5(18)6(3-17)20-7/h4-7,17-18H,2-3H2,1H3,(H2,12,14,15)/p+1/t5-,6+,7+/m0/s1. The molecule has 20 heavy (non-hydrogen) atoms. The maximum Gasteiger partial charge on any atom is 0.313 e. The summed E-state index contributed by atoms with van der Waals surface area (Å²) in [4.78, 5) is 11.1. The minimum Gasteiger partial charge on any atom is -0.478 e. The molecule has 1 fully saturated rings. The predicted octanol–water partition coefficient (Wildman–Crippen LogP) is -1.52. The molecule has 0 unspecified atom stereocenters. The van der Waals surface area contributed by atoms with Crippen LogP contribution in [0, 0.1) is 0 Å². The summed E-state index contributed by atoms with van der Waals surface area (Å²) in [5.74, 6) is 0.420. The lowest BCUT2D eigenvalue weighted by molar-refractivity contribution is -0.738. The Labute approximate surface area is 114 Å². The molecule has 0 bridgehead atoms. The van der Waals surface area contributed by atoms with E-state index in [-0.39, 0.29) is 12.6 Å². The van der Waals surface area contributed by atoms with Crippen molar-refractivity contribution in [3.63, 3.8) is 0 Å². The number of rotatable bonds is 3. The number of ether oxygens (including phenoxy) is 2. The third kappa shape index (κ3) is 1.96. The minimum atomic E-state index is -0.719. The monoisotopic (exact) mass is 282 g/mol. The number of aliphatic hydroxyl groups excluding tert-OH is 2. The van der Waals surface area contributed by atoms with Gasteiger partial charge in [-0.25, -0.2) is 4.57 Å². The molecule has 3 heterocycles. The molecular weight excluding hydrogens is 266 g/mol. The summed E-state index contributed by atoms with van der Waals surface area (Å²) in [5.41, 5.74) is 6.76. The first-order valence-corrected chi connectivity index (χ1v) is 6.18. The van der Waals surface area contributed by atoms with E-state index in [2.05, 4.69) is 15.0 Å². The number of nitrogens with zero attached hydrogens (tertiary/aromatic N) is 3. The highest BCUT2D eigenvalue weighted by Crippen LogP contribution is 2.27. The van der Waals surface area contributed by atoms with Gasteiger partial charge in [0.2, 0.25) is 5.52 Å². The van der Waals surface area contributed by atoms with Crippen LogP contribution in [0.4, 0.5) is 5.95 Å². The van der Waals surface area contributed by atoms with Gasteiger partial charge in [-0.3, -0.25) is 4.98 Å². The fourth-order valence-corrected chi connectivity index (χ4v) is 2.37. The van der Waals surface area contributed by atoms with E-state index < -0.39 is 18.4 Å². The highest BCUT2D eigenvalue weighted by atomic mass is 16.5. The molecule has 9 heteroatoms. The van der Waals surface area contributed by atoms with Gasteiger partial charge in [0.25, 0.3) is 5.88 Å². The lowest BCUT2D eigenvalue weighted by Gasteiger charge is -2.10. The third-order valence-corrected chi connectivity index (χ3v) is 3.35. The van der Waals surface area contributed by atoms with Crippen molar-refractivity contribution in [3.05, 3.63) is 6.33 Å². The van der Waals surface area contributed by atoms with Gasteiger partial charge >= 0.3 is 11.6 Å². The maximum atomic E-state index is 9.79. The number of aliphatic hydroxyl groups is 2. The van der Waals surface area contributed by atoms with Crippen LogP contribution in [0.25, 0.3) is 11.2 Å². The molecule has 1 aliphatic rings. The molecule has 3 atom stereocenters. The number of H-pyrrole nitrogens is 1. The largest absolute Gasteiger partial charge is 0.478 e. The van der Waals surface area contributed by atoms with Crippen molar-refractivity contribution < 1.29 is 24.3 Å². The highest BCUT2D eigenvalue weighted by Gasteiger charge is 2.38. The van der Waals surface area contributed by atoms with Gasteiger partial charge in [-0.1, -0.05) is 4.98 Å². The van der Waals surface area contributed by atoms with Crippen LogP contribution in [-0.2, 0) is 4.74 Å². The first-order chi connectivity index (χ1) is 9.63. The number of hydrogen-bond acceptors (Lipinski definition) is 7. The van der Waals surface area contributed by atoms with Crippen LogP contribution in [-0.4, -0.2) is 51.1 Å². The Morgan fingerprint density at radius 2 is 2.40 bits per heavy atom. The van der Waals surface area contributed by atoms with Gasteiger partial charge in [-0.15, -0.1) is 0 Å². The van der Waals surface area contributed by atoms with Crippen molar-refractivity contribution in [2.75, 3.05) is 19.5 Å². The summed E-state index contributed by atoms with van der Waals surface area (Å²) < 4.78 is 12.4. The molecule has 0 saturated carbocycles.